The van der Waals surface area contributed by atoms with Crippen molar-refractivity contribution < 1.29 is 91.2 Å². The second-order valence-corrected chi connectivity index (χ2v) is 48.6. The Morgan fingerprint density at radius 1 is 0.407 bits per heavy atom. The number of ether oxygens (including phenoxy) is 8. The second kappa shape index (κ2) is 57.1. The number of hydrogen-bond donors (Lipinski definition) is 4. The van der Waals surface area contributed by atoms with Gasteiger partial charge in [-0.3, -0.25) is 9.93 Å². The van der Waals surface area contributed by atoms with E-state index in [2.05, 4.69) is 112 Å². The van der Waals surface area contributed by atoms with Crippen LogP contribution < -0.4 is 44.0 Å². The van der Waals surface area contributed by atoms with Crippen LogP contribution in [0, 0.1) is 55.0 Å². The number of carbonyl (C=O) groups is 1. The van der Waals surface area contributed by atoms with E-state index in [4.69, 9.17) is 130 Å². The van der Waals surface area contributed by atoms with Crippen molar-refractivity contribution in [2.24, 2.45) is 15.3 Å². The Morgan fingerprint density at radius 2 is 0.700 bits per heavy atom. The van der Waals surface area contributed by atoms with E-state index in [9.17, 15) is 53.3 Å². The number of fused-ring (bicyclic) bond motifs is 2. The molecular formula is C105H99Cl7F7I4N11O13S3. The molecule has 0 aliphatic carbocycles. The Kier molecular flexibility index (Phi) is 47.5. The summed E-state index contributed by atoms with van der Waals surface area (Å²) in [4.78, 5) is 40.7. The average Bonchev–Trinajstić information content (AvgIpc) is 1.59. The molecule has 2 aliphatic rings. The van der Waals surface area contributed by atoms with Crippen LogP contribution in [0.2, 0.25) is 36.1 Å². The van der Waals surface area contributed by atoms with Crippen LogP contribution in [-0.4, -0.2) is 133 Å². The molecule has 0 spiro atoms. The molecule has 2 aliphatic heterocycles. The quantitative estimate of drug-likeness (QED) is 0.0161. The standard InChI is InChI=1S/C18H19ClFIN2O2S.C18H20ClFN2O2S.C14H10ClFINO2.C14H12ClFN2O.C13H10ClFINO2.C13H11ClFNO2.C11H6ClFINO.C4H11NOS/c1-11(23-26(24)18(2,3)4)10-25-17-14(21)9-15(19)22-16(17)12-5-7-13(20)8-6-12;1-17(2,3)25(23)22-18(4)10-24-16-13(18)9-14(19)21-15(16)11-5-7-12(20)8-6-11;1-8(19)7-20-14-11(17)6-12(15)18-13(14)9-2-4-10(16)5-3-9;1-14(17)7-19-13-10(14)6-11(15)18-12(13)8-2-4-9(16)5-3-8;1-18-7-19-13-10(16)6-11(14)17-12(13)8-2-4-9(15)5-3-8;1-17-8-18-11-6-7-12(14)16-13(11)9-2-4-10(15)5-3-9;12-9-5-8(14)11(16)10(15-9)6-1-3-7(13)4-2-6;1-4(2,3)7(5)6/h5-9H,10H2,1-4H3;5-9,22H,10H2,1-4H3;2-6H,7H2,1H3;2-6H,7,17H2,1H3;2-6H,7H2,1H3;2-7H,8H2,1H3;1-5,16H;5H2,1-3H3/t26-;18?,25-;;;;;;7-/m00.....0/s1. The lowest BCUT2D eigenvalue weighted by molar-refractivity contribution is -0.118. The van der Waals surface area contributed by atoms with Gasteiger partial charge in [-0.15, -0.1) is 0 Å². The number of Topliss-reactive ketones (excluding diaryl/α,β-unsaturated/α-hetero) is 1. The van der Waals surface area contributed by atoms with E-state index in [1.165, 1.54) is 106 Å². The summed E-state index contributed by atoms with van der Waals surface area (Å²) in [6, 6.07) is 54.8. The van der Waals surface area contributed by atoms with E-state index in [-0.39, 0.29) is 83.8 Å². The van der Waals surface area contributed by atoms with Crippen LogP contribution in [0.5, 0.6) is 40.2 Å². The van der Waals surface area contributed by atoms with E-state index < -0.39 is 53.5 Å². The Labute approximate surface area is 961 Å². The monoisotopic (exact) mass is 2700 g/mol. The first-order valence-corrected chi connectivity index (χ1v) is 54.8. The number of nitrogens with zero attached hydrogens (tertiary/aromatic N) is 8. The van der Waals surface area contributed by atoms with E-state index in [1.807, 2.05) is 98.8 Å². The number of nitrogens with two attached hydrogens (primary N) is 2. The maximum absolute atomic E-state index is 13.2. The summed E-state index contributed by atoms with van der Waals surface area (Å²) in [6.45, 7) is 24.8. The van der Waals surface area contributed by atoms with Crippen molar-refractivity contribution in [3.63, 3.8) is 0 Å². The highest BCUT2D eigenvalue weighted by Gasteiger charge is 2.42. The van der Waals surface area contributed by atoms with Gasteiger partial charge >= 0.3 is 0 Å². The molecule has 9 heterocycles. The molecule has 6 N–H and O–H groups in total. The molecule has 0 radical (unpaired) electrons. The number of halogens is 18. The largest absolute Gasteiger partial charge is 0.505 e. The molecule has 0 amide bonds. The van der Waals surface area contributed by atoms with E-state index in [1.54, 1.807) is 140 Å². The van der Waals surface area contributed by atoms with Crippen LogP contribution >= 0.6 is 172 Å². The third kappa shape index (κ3) is 37.3. The SMILES string of the molecule is CC(=O)COc1c(I)cc(Cl)nc1-c1ccc(F)cc1.CC(C)(C)[S@@](N)=O.CC(COc1c(I)cc(Cl)nc1-c1ccc(F)cc1)=N[S@@](=O)C(C)(C)C.CC1(N)COc2c1cc(Cl)nc2-c1ccc(F)cc1.CC1(N[S@@](=O)C(C)(C)C)COc2c1cc(Cl)nc2-c1ccc(F)cc1.COCOc1c(I)cc(Cl)nc1-c1ccc(F)cc1.COCOc1ccc(Cl)nc1-c1ccc(F)cc1.Oc1c(I)cc(Cl)nc1-c1ccc(F)cc1. The third-order valence-electron chi connectivity index (χ3n) is 20.1. The minimum atomic E-state index is -1.35. The van der Waals surface area contributed by atoms with Gasteiger partial charge < -0.3 is 48.7 Å². The molecule has 5 atom stereocenters. The smallest absolute Gasteiger partial charge is 0.188 e. The Balaban J connectivity index is 0.000000193. The van der Waals surface area contributed by atoms with E-state index in [0.717, 1.165) is 38.5 Å². The van der Waals surface area contributed by atoms with Gasteiger partial charge in [-0.2, -0.15) is 4.40 Å². The molecule has 16 rings (SSSR count). The summed E-state index contributed by atoms with van der Waals surface area (Å²) in [5.74, 6) is 1.02. The van der Waals surface area contributed by atoms with Crippen molar-refractivity contribution in [2.45, 2.75) is 115 Å². The number of ketones is 1. The summed E-state index contributed by atoms with van der Waals surface area (Å²) >= 11 is 50.1. The number of methoxy groups -OCH3 is 2. The molecule has 0 saturated heterocycles. The first kappa shape index (κ1) is 125. The number of pyridine rings is 7. The Hall–Kier alpha value is -8.76. The average molecular weight is 2710 g/mol. The van der Waals surface area contributed by atoms with Crippen molar-refractivity contribution in [2.75, 3.05) is 54.2 Å². The van der Waals surface area contributed by atoms with Crippen LogP contribution in [0.4, 0.5) is 30.7 Å². The highest BCUT2D eigenvalue weighted by atomic mass is 127. The van der Waals surface area contributed by atoms with Crippen molar-refractivity contribution >= 4 is 216 Å². The first-order valence-electron chi connectivity index (χ1n) is 44.3. The summed E-state index contributed by atoms with van der Waals surface area (Å²) < 4.78 is 179. The minimum Gasteiger partial charge on any atom is -0.505 e. The number of aromatic hydroxyl groups is 1. The Morgan fingerprint density at radius 3 is 1.05 bits per heavy atom. The zero-order valence-electron chi connectivity index (χ0n) is 82.6. The van der Waals surface area contributed by atoms with Crippen molar-refractivity contribution in [1.29, 1.82) is 0 Å². The fourth-order valence-corrected chi connectivity index (χ4v) is 18.8. The summed E-state index contributed by atoms with van der Waals surface area (Å²) in [5.41, 5.74) is 15.7. The molecule has 0 fully saturated rings. The van der Waals surface area contributed by atoms with Crippen molar-refractivity contribution in [1.82, 2.24) is 39.6 Å². The molecule has 7 aromatic carbocycles. The molecule has 2 unspecified atom stereocenters. The predicted molar refractivity (Wildman–Crippen MR) is 616 cm³/mol. The zero-order valence-corrected chi connectivity index (χ0v) is 99.0. The fraction of sp³-hybridized carbons (Fsp3) is 0.248. The van der Waals surface area contributed by atoms with Crippen LogP contribution in [-0.2, 0) is 58.3 Å². The number of rotatable bonds is 22. The topological polar surface area (TPSA) is 329 Å². The van der Waals surface area contributed by atoms with Gasteiger partial charge in [0.15, 0.2) is 53.9 Å². The lowest BCUT2D eigenvalue weighted by atomic mass is 9.95. The number of benzene rings is 7. The molecule has 24 nitrogen and oxygen atoms in total. The summed E-state index contributed by atoms with van der Waals surface area (Å²) in [7, 11) is -0.747. The van der Waals surface area contributed by atoms with E-state index in [0.29, 0.717) is 155 Å². The lowest BCUT2D eigenvalue weighted by Crippen LogP contribution is -2.47. The van der Waals surface area contributed by atoms with Gasteiger partial charge in [-0.05, 0) is 399 Å². The summed E-state index contributed by atoms with van der Waals surface area (Å²) in [5, 5.41) is 17.1. The lowest BCUT2D eigenvalue weighted by Gasteiger charge is -2.28. The third-order valence-corrected chi connectivity index (χ3v) is 29.2. The van der Waals surface area contributed by atoms with Crippen LogP contribution in [0.25, 0.3) is 78.8 Å². The van der Waals surface area contributed by atoms with Gasteiger partial charge in [0, 0.05) is 64.3 Å². The van der Waals surface area contributed by atoms with Gasteiger partial charge in [-0.1, -0.05) is 81.2 Å². The maximum atomic E-state index is 13.2. The summed E-state index contributed by atoms with van der Waals surface area (Å²) in [6.07, 6.45) is 0. The van der Waals surface area contributed by atoms with Crippen LogP contribution in [0.1, 0.15) is 101 Å². The van der Waals surface area contributed by atoms with Gasteiger partial charge in [0.1, 0.15) is 160 Å². The fourth-order valence-electron chi connectivity index (χ4n) is 12.6. The highest BCUT2D eigenvalue weighted by molar-refractivity contribution is 14.1. The first-order chi connectivity index (χ1) is 70.4. The zero-order chi connectivity index (χ0) is 111. The van der Waals surface area contributed by atoms with Crippen LogP contribution in [0.15, 0.2) is 223 Å². The molecule has 45 heteroatoms. The molecule has 150 heavy (non-hydrogen) atoms. The van der Waals surface area contributed by atoms with Gasteiger partial charge in [0.05, 0.1) is 67.3 Å². The second-order valence-electron chi connectivity index (χ2n) is 35.6. The molecule has 14 aromatic rings. The number of hydrogen-bond acceptors (Lipinski definition) is 21. The molecule has 0 bridgehead atoms. The minimum absolute atomic E-state index is 0.0481. The number of nitrogens with one attached hydrogen (secondary N) is 1. The van der Waals surface area contributed by atoms with Gasteiger partial charge in [0.2, 0.25) is 0 Å². The molecular weight excluding hydrogens is 2610 g/mol. The van der Waals surface area contributed by atoms with Gasteiger partial charge in [-0.25, -0.2) is 83.0 Å². The van der Waals surface area contributed by atoms with Crippen molar-refractivity contribution in [3.8, 4) is 119 Å². The van der Waals surface area contributed by atoms with Crippen molar-refractivity contribution in [3.05, 3.63) is 321 Å². The highest BCUT2D eigenvalue weighted by Crippen LogP contribution is 2.47. The van der Waals surface area contributed by atoms with Crippen LogP contribution in [0.3, 0.4) is 0 Å². The van der Waals surface area contributed by atoms with E-state index >= 15 is 0 Å². The number of aromatic nitrogens is 7. The normalized spacial score (nSPS) is 14.4. The molecule has 796 valence electrons. The maximum Gasteiger partial charge on any atom is 0.188 e. The Bertz CT molecular complexity index is 7150. The number of carbonyl (C=O) groups excluding carboxylic acids is 1. The predicted octanol–water partition coefficient (Wildman–Crippen LogP) is 28.8. The molecule has 7 aromatic heterocycles. The molecule has 0 saturated carbocycles. The van der Waals surface area contributed by atoms with Gasteiger partial charge in [0.25, 0.3) is 0 Å².